The lowest BCUT2D eigenvalue weighted by Crippen LogP contribution is -2.48. The molecule has 2 fully saturated rings. The van der Waals surface area contributed by atoms with Gasteiger partial charge >= 0.3 is 6.18 Å². The maximum Gasteiger partial charge on any atom is 0.416 e. The summed E-state index contributed by atoms with van der Waals surface area (Å²) in [6.07, 6.45) is -5.04. The summed E-state index contributed by atoms with van der Waals surface area (Å²) in [4.78, 5) is 6.79. The van der Waals surface area contributed by atoms with Crippen molar-refractivity contribution in [2.24, 2.45) is 5.92 Å². The van der Waals surface area contributed by atoms with Crippen LogP contribution in [0.15, 0.2) is 78.9 Å². The first-order chi connectivity index (χ1) is 18.3. The second kappa shape index (κ2) is 11.4. The molecule has 2 heterocycles. The number of hydrogen-bond donors (Lipinski definition) is 1. The summed E-state index contributed by atoms with van der Waals surface area (Å²) >= 11 is 0. The lowest BCUT2D eigenvalue weighted by molar-refractivity contribution is -0.137. The highest BCUT2D eigenvalue weighted by Crippen LogP contribution is 2.37. The number of alkyl halides is 3. The third kappa shape index (κ3) is 6.37. The number of β-amino-alcohol motifs (C(OH)–C–C–N with tert-alkyl or cyclic N) is 1. The van der Waals surface area contributed by atoms with Crippen molar-refractivity contribution in [1.29, 1.82) is 0 Å². The van der Waals surface area contributed by atoms with Crippen molar-refractivity contribution in [3.8, 4) is 0 Å². The second-order valence-electron chi connectivity index (χ2n) is 10.4. The minimum Gasteiger partial charge on any atom is -0.387 e. The third-order valence-electron chi connectivity index (χ3n) is 7.83. The fourth-order valence-electron chi connectivity index (χ4n) is 5.82. The highest BCUT2D eigenvalue weighted by Gasteiger charge is 2.38. The molecule has 0 aromatic heterocycles. The SMILES string of the molecule is OC(CN1CC(CN2CCN(c3ccc(F)cc3)CC2)C(c2cccc(C(F)(F)F)c2)C1)c1ccccc1. The molecule has 0 aliphatic carbocycles. The summed E-state index contributed by atoms with van der Waals surface area (Å²) in [5.74, 6) is -0.176. The summed E-state index contributed by atoms with van der Waals surface area (Å²) in [6.45, 7) is 5.80. The van der Waals surface area contributed by atoms with Crippen molar-refractivity contribution >= 4 is 5.69 Å². The van der Waals surface area contributed by atoms with Crippen molar-refractivity contribution in [3.63, 3.8) is 0 Å². The second-order valence-corrected chi connectivity index (χ2v) is 10.4. The van der Waals surface area contributed by atoms with Crippen LogP contribution in [0.3, 0.4) is 0 Å². The molecular formula is C30H33F4N3O. The number of benzene rings is 3. The Kier molecular flexibility index (Phi) is 8.02. The predicted octanol–water partition coefficient (Wildman–Crippen LogP) is 5.42. The first kappa shape index (κ1) is 26.7. The van der Waals surface area contributed by atoms with Crippen molar-refractivity contribution in [2.75, 3.05) is 57.3 Å². The van der Waals surface area contributed by atoms with Gasteiger partial charge in [-0.1, -0.05) is 48.5 Å². The number of rotatable bonds is 7. The molecule has 3 unspecified atom stereocenters. The zero-order valence-electron chi connectivity index (χ0n) is 21.2. The van der Waals surface area contributed by atoms with E-state index in [1.165, 1.54) is 24.3 Å². The van der Waals surface area contributed by atoms with Crippen LogP contribution in [-0.2, 0) is 6.18 Å². The molecule has 0 bridgehead atoms. The molecule has 0 spiro atoms. The van der Waals surface area contributed by atoms with Gasteiger partial charge in [-0.05, 0) is 47.4 Å². The summed E-state index contributed by atoms with van der Waals surface area (Å²) in [5, 5.41) is 10.8. The fourth-order valence-corrected chi connectivity index (χ4v) is 5.82. The van der Waals surface area contributed by atoms with E-state index in [1.807, 2.05) is 30.3 Å². The Morgan fingerprint density at radius 1 is 0.816 bits per heavy atom. The van der Waals surface area contributed by atoms with E-state index in [2.05, 4.69) is 14.7 Å². The molecule has 2 aliphatic rings. The molecule has 2 aliphatic heterocycles. The first-order valence-electron chi connectivity index (χ1n) is 13.1. The third-order valence-corrected chi connectivity index (χ3v) is 7.83. The average molecular weight is 528 g/mol. The molecule has 4 nitrogen and oxygen atoms in total. The van der Waals surface area contributed by atoms with Gasteiger partial charge in [0.25, 0.3) is 0 Å². The minimum absolute atomic E-state index is 0.0598. The average Bonchev–Trinajstić information content (AvgIpc) is 3.31. The fraction of sp³-hybridized carbons (Fsp3) is 0.400. The number of piperazine rings is 1. The van der Waals surface area contributed by atoms with Crippen LogP contribution in [0.5, 0.6) is 0 Å². The highest BCUT2D eigenvalue weighted by atomic mass is 19.4. The van der Waals surface area contributed by atoms with E-state index in [1.54, 1.807) is 18.2 Å². The molecule has 8 heteroatoms. The van der Waals surface area contributed by atoms with Crippen molar-refractivity contribution < 1.29 is 22.7 Å². The van der Waals surface area contributed by atoms with Crippen molar-refractivity contribution in [1.82, 2.24) is 9.80 Å². The van der Waals surface area contributed by atoms with E-state index in [0.29, 0.717) is 25.2 Å². The van der Waals surface area contributed by atoms with Gasteiger partial charge in [-0.3, -0.25) is 9.80 Å². The molecule has 1 N–H and O–H groups in total. The van der Waals surface area contributed by atoms with Gasteiger partial charge in [0.05, 0.1) is 11.7 Å². The van der Waals surface area contributed by atoms with Crippen LogP contribution in [0.2, 0.25) is 0 Å². The highest BCUT2D eigenvalue weighted by molar-refractivity contribution is 5.46. The molecular weight excluding hydrogens is 494 g/mol. The normalized spacial score (nSPS) is 22.1. The Morgan fingerprint density at radius 2 is 1.53 bits per heavy atom. The van der Waals surface area contributed by atoms with Gasteiger partial charge in [-0.15, -0.1) is 0 Å². The van der Waals surface area contributed by atoms with Gasteiger partial charge in [0, 0.05) is 64.0 Å². The van der Waals surface area contributed by atoms with Crippen LogP contribution in [0.4, 0.5) is 23.2 Å². The Labute approximate surface area is 221 Å². The number of aliphatic hydroxyl groups excluding tert-OH is 1. The van der Waals surface area contributed by atoms with Gasteiger partial charge in [0.2, 0.25) is 0 Å². The van der Waals surface area contributed by atoms with Crippen LogP contribution in [-0.4, -0.2) is 67.3 Å². The molecule has 3 aromatic carbocycles. The first-order valence-corrected chi connectivity index (χ1v) is 13.1. The number of aliphatic hydroxyl groups is 1. The maximum absolute atomic E-state index is 13.5. The van der Waals surface area contributed by atoms with E-state index in [-0.39, 0.29) is 17.7 Å². The van der Waals surface area contributed by atoms with Crippen LogP contribution in [0.1, 0.15) is 28.7 Å². The molecule has 5 rings (SSSR count). The lowest BCUT2D eigenvalue weighted by Gasteiger charge is -2.38. The van der Waals surface area contributed by atoms with Crippen molar-refractivity contribution in [2.45, 2.75) is 18.2 Å². The number of hydrogen-bond acceptors (Lipinski definition) is 4. The molecule has 0 radical (unpaired) electrons. The number of likely N-dealkylation sites (tertiary alicyclic amines) is 1. The van der Waals surface area contributed by atoms with Gasteiger partial charge in [0.15, 0.2) is 0 Å². The lowest BCUT2D eigenvalue weighted by atomic mass is 9.87. The van der Waals surface area contributed by atoms with Crippen LogP contribution in [0.25, 0.3) is 0 Å². The number of nitrogens with zero attached hydrogens (tertiary/aromatic N) is 3. The number of halogens is 4. The summed E-state index contributed by atoms with van der Waals surface area (Å²) < 4.78 is 53.8. The van der Waals surface area contributed by atoms with Gasteiger partial charge < -0.3 is 10.0 Å². The Morgan fingerprint density at radius 3 is 2.21 bits per heavy atom. The summed E-state index contributed by atoms with van der Waals surface area (Å²) in [6, 6.07) is 21.7. The zero-order chi connectivity index (χ0) is 26.7. The van der Waals surface area contributed by atoms with Gasteiger partial charge in [0.1, 0.15) is 5.82 Å². The molecule has 3 aromatic rings. The van der Waals surface area contributed by atoms with Crippen LogP contribution in [0, 0.1) is 11.7 Å². The maximum atomic E-state index is 13.5. The van der Waals surface area contributed by atoms with E-state index in [4.69, 9.17) is 0 Å². The molecule has 0 amide bonds. The summed E-state index contributed by atoms with van der Waals surface area (Å²) in [7, 11) is 0. The van der Waals surface area contributed by atoms with Crippen molar-refractivity contribution in [3.05, 3.63) is 101 Å². The molecule has 3 atom stereocenters. The van der Waals surface area contributed by atoms with Crippen LogP contribution >= 0.6 is 0 Å². The molecule has 202 valence electrons. The van der Waals surface area contributed by atoms with Gasteiger partial charge in [-0.25, -0.2) is 4.39 Å². The zero-order valence-corrected chi connectivity index (χ0v) is 21.2. The Balaban J connectivity index is 1.28. The Hall–Kier alpha value is -2.94. The Bertz CT molecular complexity index is 1180. The van der Waals surface area contributed by atoms with E-state index in [0.717, 1.165) is 50.0 Å². The monoisotopic (exact) mass is 527 g/mol. The summed E-state index contributed by atoms with van der Waals surface area (Å²) in [5.41, 5.74) is 1.91. The molecule has 2 saturated heterocycles. The van der Waals surface area contributed by atoms with E-state index < -0.39 is 17.8 Å². The predicted molar refractivity (Wildman–Crippen MR) is 141 cm³/mol. The topological polar surface area (TPSA) is 30.0 Å². The van der Waals surface area contributed by atoms with E-state index >= 15 is 0 Å². The molecule has 38 heavy (non-hydrogen) atoms. The smallest absolute Gasteiger partial charge is 0.387 e. The minimum atomic E-state index is -4.38. The van der Waals surface area contributed by atoms with E-state index in [9.17, 15) is 22.7 Å². The van der Waals surface area contributed by atoms with Crippen LogP contribution < -0.4 is 4.90 Å². The number of anilines is 1. The molecule has 0 saturated carbocycles. The van der Waals surface area contributed by atoms with Gasteiger partial charge in [-0.2, -0.15) is 13.2 Å². The standard InChI is InChI=1S/C30H33F4N3O/c31-26-9-11-27(12-10-26)37-15-13-35(14-16-37)18-24-19-36(21-29(38)22-5-2-1-3-6-22)20-28(24)23-7-4-8-25(17-23)30(32,33)34/h1-12,17,24,28-29,38H,13-16,18-21H2. The largest absolute Gasteiger partial charge is 0.416 e. The quantitative estimate of drug-likeness (QED) is 0.416.